The molecule has 0 aliphatic carbocycles. The Morgan fingerprint density at radius 1 is 1.33 bits per heavy atom. The van der Waals surface area contributed by atoms with Crippen LogP contribution in [0.1, 0.15) is 50.6 Å². The number of oxazole rings is 1. The lowest BCUT2D eigenvalue weighted by atomic mass is 10.1. The lowest BCUT2D eigenvalue weighted by molar-refractivity contribution is 0.128. The summed E-state index contributed by atoms with van der Waals surface area (Å²) in [5.41, 5.74) is 4.14. The van der Waals surface area contributed by atoms with Gasteiger partial charge in [-0.3, -0.25) is 0 Å². The number of rotatable bonds is 6. The van der Waals surface area contributed by atoms with Crippen LogP contribution in [0.5, 0.6) is 0 Å². The van der Waals surface area contributed by atoms with E-state index in [0.29, 0.717) is 12.5 Å². The summed E-state index contributed by atoms with van der Waals surface area (Å²) in [6.07, 6.45) is 0. The minimum absolute atomic E-state index is 0.0511. The zero-order chi connectivity index (χ0) is 15.6. The molecule has 0 aliphatic heterocycles. The quantitative estimate of drug-likeness (QED) is 0.879. The van der Waals surface area contributed by atoms with Gasteiger partial charge in [0.25, 0.3) is 0 Å². The molecule has 0 aliphatic rings. The van der Waals surface area contributed by atoms with Crippen LogP contribution in [0.3, 0.4) is 0 Å². The first-order valence-corrected chi connectivity index (χ1v) is 7.46. The molecule has 1 aromatic heterocycles. The minimum atomic E-state index is -0.0511. The second-order valence-electron chi connectivity index (χ2n) is 6.64. The van der Waals surface area contributed by atoms with Crippen molar-refractivity contribution in [1.29, 1.82) is 0 Å². The van der Waals surface area contributed by atoms with Gasteiger partial charge in [0.15, 0.2) is 11.5 Å². The summed E-state index contributed by atoms with van der Waals surface area (Å²) in [6.45, 7) is 12.0. The van der Waals surface area contributed by atoms with Crippen LogP contribution in [0.15, 0.2) is 16.5 Å². The fourth-order valence-corrected chi connectivity index (χ4v) is 2.39. The molecule has 116 valence electrons. The summed E-state index contributed by atoms with van der Waals surface area (Å²) in [4.78, 5) is 4.60. The minimum Gasteiger partial charge on any atom is -0.440 e. The molecule has 0 spiro atoms. The first-order chi connectivity index (χ1) is 9.82. The predicted octanol–water partition coefficient (Wildman–Crippen LogP) is 3.77. The highest BCUT2D eigenvalue weighted by atomic mass is 16.5. The molecule has 2 rings (SSSR count). The van der Waals surface area contributed by atoms with Crippen molar-refractivity contribution in [2.24, 2.45) is 0 Å². The average Bonchev–Trinajstić information content (AvgIpc) is 2.81. The maximum atomic E-state index is 5.85. The first kappa shape index (κ1) is 16.0. The third kappa shape index (κ3) is 3.83. The number of fused-ring (bicyclic) bond motifs is 1. The number of hydrogen-bond acceptors (Lipinski definition) is 4. The van der Waals surface area contributed by atoms with E-state index < -0.39 is 0 Å². The number of aryl methyl sites for hydroxylation is 1. The lowest BCUT2D eigenvalue weighted by Crippen LogP contribution is -2.42. The largest absolute Gasteiger partial charge is 0.440 e. The van der Waals surface area contributed by atoms with Gasteiger partial charge in [-0.1, -0.05) is 19.9 Å². The van der Waals surface area contributed by atoms with Crippen LogP contribution in [0.4, 0.5) is 0 Å². The number of hydrogen-bond donors (Lipinski definition) is 1. The second kappa shape index (κ2) is 6.16. The van der Waals surface area contributed by atoms with Crippen molar-refractivity contribution in [3.05, 3.63) is 29.2 Å². The first-order valence-electron chi connectivity index (χ1n) is 7.46. The van der Waals surface area contributed by atoms with Gasteiger partial charge < -0.3 is 14.5 Å². The molecule has 4 nitrogen and oxygen atoms in total. The summed E-state index contributed by atoms with van der Waals surface area (Å²) in [7, 11) is 1.72. The topological polar surface area (TPSA) is 47.3 Å². The number of ether oxygens (including phenoxy) is 1. The van der Waals surface area contributed by atoms with E-state index in [2.05, 4.69) is 57.1 Å². The fraction of sp³-hybridized carbons (Fsp3) is 0.588. The molecule has 1 aromatic carbocycles. The van der Waals surface area contributed by atoms with E-state index in [1.807, 2.05) is 0 Å². The Bertz CT molecular complexity index is 615. The van der Waals surface area contributed by atoms with Gasteiger partial charge in [-0.15, -0.1) is 0 Å². The molecule has 0 fully saturated rings. The van der Waals surface area contributed by atoms with Gasteiger partial charge in [0.05, 0.1) is 6.61 Å². The van der Waals surface area contributed by atoms with Crippen LogP contribution < -0.4 is 5.32 Å². The molecule has 4 heteroatoms. The van der Waals surface area contributed by atoms with Crippen molar-refractivity contribution in [3.63, 3.8) is 0 Å². The molecular weight excluding hydrogens is 264 g/mol. The summed E-state index contributed by atoms with van der Waals surface area (Å²) in [5, 5.41) is 3.51. The third-order valence-electron chi connectivity index (χ3n) is 3.52. The molecule has 0 atom stereocenters. The highest BCUT2D eigenvalue weighted by Gasteiger charge is 2.17. The average molecular weight is 290 g/mol. The van der Waals surface area contributed by atoms with Crippen molar-refractivity contribution < 1.29 is 9.15 Å². The normalized spacial score (nSPS) is 12.5. The van der Waals surface area contributed by atoms with Gasteiger partial charge in [-0.25, -0.2) is 4.98 Å². The van der Waals surface area contributed by atoms with Gasteiger partial charge >= 0.3 is 0 Å². The van der Waals surface area contributed by atoms with E-state index in [4.69, 9.17) is 9.15 Å². The van der Waals surface area contributed by atoms with Crippen LogP contribution in [0, 0.1) is 6.92 Å². The van der Waals surface area contributed by atoms with Crippen molar-refractivity contribution in [2.75, 3.05) is 13.7 Å². The molecule has 21 heavy (non-hydrogen) atoms. The fourth-order valence-electron chi connectivity index (χ4n) is 2.39. The van der Waals surface area contributed by atoms with E-state index in [9.17, 15) is 0 Å². The van der Waals surface area contributed by atoms with Crippen LogP contribution >= 0.6 is 0 Å². The van der Waals surface area contributed by atoms with E-state index in [1.54, 1.807) is 7.11 Å². The Labute approximate surface area is 126 Å². The van der Waals surface area contributed by atoms with Crippen LogP contribution in [0.2, 0.25) is 0 Å². The van der Waals surface area contributed by atoms with Crippen molar-refractivity contribution in [2.45, 2.75) is 52.6 Å². The number of nitrogens with zero attached hydrogens (tertiary/aromatic N) is 1. The number of nitrogens with one attached hydrogen (secondary N) is 1. The second-order valence-corrected chi connectivity index (χ2v) is 6.64. The molecular formula is C17H26N2O2. The van der Waals surface area contributed by atoms with E-state index in [0.717, 1.165) is 29.1 Å². The zero-order valence-corrected chi connectivity index (χ0v) is 13.9. The van der Waals surface area contributed by atoms with Gasteiger partial charge in [0.1, 0.15) is 5.52 Å². The van der Waals surface area contributed by atoms with E-state index in [-0.39, 0.29) is 5.54 Å². The lowest BCUT2D eigenvalue weighted by Gasteiger charge is -2.25. The SMILES string of the molecule is COCC(C)(C)NCc1cc(C)c2oc(C(C)C)nc2c1. The van der Waals surface area contributed by atoms with E-state index >= 15 is 0 Å². The number of aromatic nitrogens is 1. The summed E-state index contributed by atoms with van der Waals surface area (Å²) in [5.74, 6) is 1.11. The molecule has 0 bridgehead atoms. The Morgan fingerprint density at radius 3 is 2.67 bits per heavy atom. The van der Waals surface area contributed by atoms with Gasteiger partial charge in [0, 0.05) is 25.1 Å². The van der Waals surface area contributed by atoms with Crippen molar-refractivity contribution in [1.82, 2.24) is 10.3 Å². The molecule has 0 saturated carbocycles. The Morgan fingerprint density at radius 2 is 2.05 bits per heavy atom. The predicted molar refractivity (Wildman–Crippen MR) is 85.6 cm³/mol. The molecule has 0 unspecified atom stereocenters. The van der Waals surface area contributed by atoms with Crippen molar-refractivity contribution in [3.8, 4) is 0 Å². The number of methoxy groups -OCH3 is 1. The van der Waals surface area contributed by atoms with Gasteiger partial charge in [0.2, 0.25) is 0 Å². The Kier molecular flexibility index (Phi) is 4.69. The van der Waals surface area contributed by atoms with Crippen molar-refractivity contribution >= 4 is 11.1 Å². The molecule has 0 saturated heterocycles. The smallest absolute Gasteiger partial charge is 0.198 e. The summed E-state index contributed by atoms with van der Waals surface area (Å²) in [6, 6.07) is 4.26. The number of benzene rings is 1. The molecule has 2 aromatic rings. The highest BCUT2D eigenvalue weighted by molar-refractivity contribution is 5.77. The molecule has 1 heterocycles. The monoisotopic (exact) mass is 290 g/mol. The third-order valence-corrected chi connectivity index (χ3v) is 3.52. The van der Waals surface area contributed by atoms with Gasteiger partial charge in [-0.2, -0.15) is 0 Å². The zero-order valence-electron chi connectivity index (χ0n) is 13.9. The summed E-state index contributed by atoms with van der Waals surface area (Å²) < 4.78 is 11.1. The summed E-state index contributed by atoms with van der Waals surface area (Å²) >= 11 is 0. The maximum absolute atomic E-state index is 5.85. The highest BCUT2D eigenvalue weighted by Crippen LogP contribution is 2.25. The Balaban J connectivity index is 2.22. The molecule has 0 amide bonds. The van der Waals surface area contributed by atoms with Gasteiger partial charge in [-0.05, 0) is 38.0 Å². The van der Waals surface area contributed by atoms with Crippen LogP contribution in [0.25, 0.3) is 11.1 Å². The molecule has 0 radical (unpaired) electrons. The standard InChI is InChI=1S/C17H26N2O2/c1-11(2)16-19-14-8-13(7-12(3)15(14)21-16)9-18-17(4,5)10-20-6/h7-8,11,18H,9-10H2,1-6H3. The van der Waals surface area contributed by atoms with Crippen LogP contribution in [-0.2, 0) is 11.3 Å². The Hall–Kier alpha value is -1.39. The van der Waals surface area contributed by atoms with E-state index in [1.165, 1.54) is 5.56 Å². The maximum Gasteiger partial charge on any atom is 0.198 e. The van der Waals surface area contributed by atoms with Crippen LogP contribution in [-0.4, -0.2) is 24.2 Å². The molecule has 1 N–H and O–H groups in total.